The molecule has 0 aromatic heterocycles. The van der Waals surface area contributed by atoms with Crippen LogP contribution in [0, 0.1) is 0 Å². The van der Waals surface area contributed by atoms with E-state index in [2.05, 4.69) is 0 Å². The zero-order chi connectivity index (χ0) is 16.3. The number of ether oxygens (including phenoxy) is 5. The van der Waals surface area contributed by atoms with Crippen molar-refractivity contribution in [2.24, 2.45) is 5.73 Å². The molecule has 0 radical (unpaired) electrons. The minimum Gasteiger partial charge on any atom is -0.481 e. The number of carbonyl (C=O) groups is 1. The molecule has 0 heterocycles. The zero-order valence-electron chi connectivity index (χ0n) is 13.2. The minimum atomic E-state index is -0.802. The van der Waals surface area contributed by atoms with Crippen molar-refractivity contribution >= 4 is 5.97 Å². The number of nitrogens with two attached hydrogens (primary N) is 1. The lowest BCUT2D eigenvalue weighted by atomic mass is 10.3. The highest BCUT2D eigenvalue weighted by molar-refractivity contribution is 5.66. The smallest absolute Gasteiger partial charge is 0.303 e. The van der Waals surface area contributed by atoms with Gasteiger partial charge in [-0.1, -0.05) is 0 Å². The van der Waals surface area contributed by atoms with Crippen LogP contribution in [0.3, 0.4) is 0 Å². The Hall–Kier alpha value is -0.770. The molecular formula is C14H29NO7. The van der Waals surface area contributed by atoms with E-state index >= 15 is 0 Å². The van der Waals surface area contributed by atoms with Crippen molar-refractivity contribution in [2.45, 2.75) is 12.8 Å². The zero-order valence-corrected chi connectivity index (χ0v) is 13.2. The molecule has 8 nitrogen and oxygen atoms in total. The first-order valence-electron chi connectivity index (χ1n) is 7.58. The van der Waals surface area contributed by atoms with Gasteiger partial charge < -0.3 is 34.5 Å². The third-order valence-electron chi connectivity index (χ3n) is 2.43. The standard InChI is InChI=1S/C14H29NO7/c15-3-5-19-7-9-21-11-13-22-12-10-20-8-6-18-4-1-2-14(16)17/h1-13,15H2,(H,16,17). The average Bonchev–Trinajstić information content (AvgIpc) is 2.50. The summed E-state index contributed by atoms with van der Waals surface area (Å²) >= 11 is 0. The second-order valence-corrected chi connectivity index (χ2v) is 4.35. The van der Waals surface area contributed by atoms with E-state index in [0.29, 0.717) is 79.0 Å². The van der Waals surface area contributed by atoms with Crippen LogP contribution in [-0.2, 0) is 28.5 Å². The van der Waals surface area contributed by atoms with Gasteiger partial charge in [0.15, 0.2) is 0 Å². The van der Waals surface area contributed by atoms with E-state index < -0.39 is 5.97 Å². The maximum Gasteiger partial charge on any atom is 0.303 e. The molecule has 0 aromatic carbocycles. The second kappa shape index (κ2) is 18.3. The summed E-state index contributed by atoms with van der Waals surface area (Å²) in [4.78, 5) is 10.2. The lowest BCUT2D eigenvalue weighted by molar-refractivity contribution is -0.137. The summed E-state index contributed by atoms with van der Waals surface area (Å²) in [6, 6.07) is 0. The van der Waals surface area contributed by atoms with Crippen LogP contribution in [0.1, 0.15) is 12.8 Å². The largest absolute Gasteiger partial charge is 0.481 e. The molecule has 0 amide bonds. The van der Waals surface area contributed by atoms with Gasteiger partial charge in [0.2, 0.25) is 0 Å². The minimum absolute atomic E-state index is 0.135. The molecule has 3 N–H and O–H groups in total. The quantitative estimate of drug-likeness (QED) is 0.336. The Morgan fingerprint density at radius 2 is 1.05 bits per heavy atom. The Morgan fingerprint density at radius 3 is 1.41 bits per heavy atom. The van der Waals surface area contributed by atoms with Gasteiger partial charge in [-0.2, -0.15) is 0 Å². The van der Waals surface area contributed by atoms with E-state index in [9.17, 15) is 4.79 Å². The molecule has 0 aromatic rings. The number of rotatable bonds is 18. The number of aliphatic carboxylic acids is 1. The lowest BCUT2D eigenvalue weighted by Crippen LogP contribution is -2.15. The molecular weight excluding hydrogens is 294 g/mol. The highest BCUT2D eigenvalue weighted by Gasteiger charge is 1.96. The van der Waals surface area contributed by atoms with Gasteiger partial charge in [0.25, 0.3) is 0 Å². The van der Waals surface area contributed by atoms with Crippen molar-refractivity contribution in [1.82, 2.24) is 0 Å². The van der Waals surface area contributed by atoms with Gasteiger partial charge in [-0.15, -0.1) is 0 Å². The summed E-state index contributed by atoms with van der Waals surface area (Å²) in [6.45, 7) is 5.60. The van der Waals surface area contributed by atoms with Crippen molar-refractivity contribution in [2.75, 3.05) is 72.6 Å². The van der Waals surface area contributed by atoms with Crippen LogP contribution in [0.5, 0.6) is 0 Å². The van der Waals surface area contributed by atoms with Gasteiger partial charge >= 0.3 is 5.97 Å². The summed E-state index contributed by atoms with van der Waals surface area (Å²) in [5, 5.41) is 8.43. The number of carboxylic acid groups (broad SMARTS) is 1. The van der Waals surface area contributed by atoms with Crippen molar-refractivity contribution in [3.63, 3.8) is 0 Å². The number of hydrogen-bond acceptors (Lipinski definition) is 7. The van der Waals surface area contributed by atoms with E-state index in [1.165, 1.54) is 0 Å². The highest BCUT2D eigenvalue weighted by Crippen LogP contribution is 1.90. The van der Waals surface area contributed by atoms with E-state index in [-0.39, 0.29) is 6.42 Å². The number of carboxylic acids is 1. The first kappa shape index (κ1) is 21.2. The molecule has 0 unspecified atom stereocenters. The molecule has 0 aliphatic carbocycles. The normalized spacial score (nSPS) is 11.0. The van der Waals surface area contributed by atoms with Crippen LogP contribution in [0.25, 0.3) is 0 Å². The monoisotopic (exact) mass is 323 g/mol. The van der Waals surface area contributed by atoms with Gasteiger partial charge in [0.05, 0.1) is 59.5 Å². The molecule has 0 atom stereocenters. The van der Waals surface area contributed by atoms with Crippen LogP contribution in [0.15, 0.2) is 0 Å². The lowest BCUT2D eigenvalue weighted by Gasteiger charge is -2.07. The highest BCUT2D eigenvalue weighted by atomic mass is 16.6. The average molecular weight is 323 g/mol. The van der Waals surface area contributed by atoms with Gasteiger partial charge in [0.1, 0.15) is 0 Å². The Morgan fingerprint density at radius 1 is 0.682 bits per heavy atom. The third-order valence-corrected chi connectivity index (χ3v) is 2.43. The molecule has 0 rings (SSSR count). The third kappa shape index (κ3) is 19.2. The Kier molecular flexibility index (Phi) is 17.6. The number of hydrogen-bond donors (Lipinski definition) is 2. The molecule has 0 bridgehead atoms. The van der Waals surface area contributed by atoms with Crippen molar-refractivity contribution < 1.29 is 33.6 Å². The fourth-order valence-corrected chi connectivity index (χ4v) is 1.39. The van der Waals surface area contributed by atoms with Crippen LogP contribution in [0.2, 0.25) is 0 Å². The van der Waals surface area contributed by atoms with E-state index in [4.69, 9.17) is 34.5 Å². The van der Waals surface area contributed by atoms with E-state index in [0.717, 1.165) is 0 Å². The van der Waals surface area contributed by atoms with E-state index in [1.54, 1.807) is 0 Å². The summed E-state index contributed by atoms with van der Waals surface area (Å²) in [5.74, 6) is -0.802. The molecule has 0 aliphatic rings. The van der Waals surface area contributed by atoms with Crippen LogP contribution in [-0.4, -0.2) is 83.7 Å². The Bertz CT molecular complexity index is 241. The first-order valence-corrected chi connectivity index (χ1v) is 7.58. The summed E-state index contributed by atoms with van der Waals surface area (Å²) in [5.41, 5.74) is 5.27. The van der Waals surface area contributed by atoms with E-state index in [1.807, 2.05) is 0 Å². The molecule has 0 saturated heterocycles. The van der Waals surface area contributed by atoms with Gasteiger partial charge in [-0.05, 0) is 6.42 Å². The Labute approximate surface area is 131 Å². The van der Waals surface area contributed by atoms with Crippen LogP contribution >= 0.6 is 0 Å². The molecule has 0 aliphatic heterocycles. The summed E-state index contributed by atoms with van der Waals surface area (Å²) < 4.78 is 26.3. The maximum absolute atomic E-state index is 10.2. The molecule has 0 saturated carbocycles. The van der Waals surface area contributed by atoms with Crippen molar-refractivity contribution in [3.8, 4) is 0 Å². The van der Waals surface area contributed by atoms with Crippen molar-refractivity contribution in [3.05, 3.63) is 0 Å². The molecule has 8 heteroatoms. The van der Waals surface area contributed by atoms with Crippen LogP contribution < -0.4 is 5.73 Å². The molecule has 0 spiro atoms. The SMILES string of the molecule is NCCOCCOCCOCCOCCOCCCC(=O)O. The van der Waals surface area contributed by atoms with Crippen molar-refractivity contribution in [1.29, 1.82) is 0 Å². The summed E-state index contributed by atoms with van der Waals surface area (Å²) in [7, 11) is 0. The molecule has 132 valence electrons. The maximum atomic E-state index is 10.2. The Balaban J connectivity index is 2.95. The summed E-state index contributed by atoms with van der Waals surface area (Å²) in [6.07, 6.45) is 0.658. The first-order chi connectivity index (χ1) is 10.8. The fourth-order valence-electron chi connectivity index (χ4n) is 1.39. The predicted octanol–water partition coefficient (Wildman–Crippen LogP) is -0.107. The van der Waals surface area contributed by atoms with Gasteiger partial charge in [-0.3, -0.25) is 4.79 Å². The topological polar surface area (TPSA) is 109 Å². The van der Waals surface area contributed by atoms with Crippen LogP contribution in [0.4, 0.5) is 0 Å². The predicted molar refractivity (Wildman–Crippen MR) is 80.0 cm³/mol. The molecule has 22 heavy (non-hydrogen) atoms. The van der Waals surface area contributed by atoms with Gasteiger partial charge in [0, 0.05) is 19.6 Å². The molecule has 0 fully saturated rings. The second-order valence-electron chi connectivity index (χ2n) is 4.35. The fraction of sp³-hybridized carbons (Fsp3) is 0.929. The van der Waals surface area contributed by atoms with Gasteiger partial charge in [-0.25, -0.2) is 0 Å².